The third kappa shape index (κ3) is 5.93. The number of halogens is 4. The Morgan fingerprint density at radius 1 is 1.00 bits per heavy atom. The molecule has 0 aromatic heterocycles. The van der Waals surface area contributed by atoms with Crippen LogP contribution in [0.3, 0.4) is 0 Å². The summed E-state index contributed by atoms with van der Waals surface area (Å²) >= 11 is 5.83. The van der Waals surface area contributed by atoms with Gasteiger partial charge in [-0.05, 0) is 78.3 Å². The maximum atomic E-state index is 12.9. The number of carbonyl (C=O) groups excluding carboxylic acids is 1. The van der Waals surface area contributed by atoms with Crippen molar-refractivity contribution in [3.63, 3.8) is 0 Å². The van der Waals surface area contributed by atoms with Crippen molar-refractivity contribution in [1.29, 1.82) is 0 Å². The topological polar surface area (TPSA) is 32.3 Å². The third-order valence-corrected chi connectivity index (χ3v) is 7.08. The van der Waals surface area contributed by atoms with Gasteiger partial charge in [0, 0.05) is 35.9 Å². The minimum atomic E-state index is -4.32. The van der Waals surface area contributed by atoms with Crippen molar-refractivity contribution >= 4 is 28.9 Å². The molecule has 4 rings (SSSR count). The van der Waals surface area contributed by atoms with Crippen molar-refractivity contribution in [3.05, 3.63) is 107 Å². The van der Waals surface area contributed by atoms with Crippen LogP contribution >= 0.6 is 11.6 Å². The van der Waals surface area contributed by atoms with E-state index >= 15 is 0 Å². The first-order chi connectivity index (χ1) is 17.2. The molecular formula is C29H28ClF3N2O. The van der Waals surface area contributed by atoms with E-state index in [1.54, 1.807) is 24.3 Å². The molecule has 0 radical (unpaired) electrons. The number of aryl methyl sites for hydroxylation is 1. The molecule has 1 fully saturated rings. The van der Waals surface area contributed by atoms with Crippen LogP contribution < -0.4 is 5.32 Å². The number of benzene rings is 3. The van der Waals surface area contributed by atoms with Gasteiger partial charge in [0.15, 0.2) is 0 Å². The molecule has 1 N–H and O–H groups in total. The predicted octanol–water partition coefficient (Wildman–Crippen LogP) is 7.86. The van der Waals surface area contributed by atoms with Crippen molar-refractivity contribution in [2.24, 2.45) is 0 Å². The van der Waals surface area contributed by atoms with Crippen LogP contribution in [-0.2, 0) is 12.1 Å². The van der Waals surface area contributed by atoms with Gasteiger partial charge in [-0.2, -0.15) is 13.2 Å². The smallest absolute Gasteiger partial charge is 0.371 e. The van der Waals surface area contributed by atoms with Crippen LogP contribution in [0.25, 0.3) is 5.70 Å². The molecule has 3 aromatic rings. The highest BCUT2D eigenvalue weighted by atomic mass is 35.5. The number of carbonyl (C=O) groups is 1. The average Bonchev–Trinajstić information content (AvgIpc) is 2.89. The molecule has 0 atom stereocenters. The van der Waals surface area contributed by atoms with Gasteiger partial charge in [0.1, 0.15) is 0 Å². The highest BCUT2D eigenvalue weighted by molar-refractivity contribution is 6.17. The molecule has 0 bridgehead atoms. The third-order valence-electron chi connectivity index (χ3n) is 6.78. The molecule has 1 aliphatic heterocycles. The highest BCUT2D eigenvalue weighted by Gasteiger charge is 2.30. The van der Waals surface area contributed by atoms with Crippen LogP contribution in [0.2, 0.25) is 0 Å². The quantitative estimate of drug-likeness (QED) is 0.341. The molecule has 0 spiro atoms. The Morgan fingerprint density at radius 3 is 2.19 bits per heavy atom. The Bertz CT molecular complexity index is 1230. The van der Waals surface area contributed by atoms with Gasteiger partial charge in [0.25, 0.3) is 5.91 Å². The van der Waals surface area contributed by atoms with Gasteiger partial charge in [-0.3, -0.25) is 4.79 Å². The number of alkyl halides is 4. The number of hydrogen-bond acceptors (Lipinski definition) is 2. The van der Waals surface area contributed by atoms with E-state index < -0.39 is 11.7 Å². The fourth-order valence-electron chi connectivity index (χ4n) is 4.49. The summed E-state index contributed by atoms with van der Waals surface area (Å²) < 4.78 is 38.6. The lowest BCUT2D eigenvalue weighted by Gasteiger charge is -2.35. The minimum Gasteiger partial charge on any atom is -0.371 e. The lowest BCUT2D eigenvalue weighted by molar-refractivity contribution is -0.137. The van der Waals surface area contributed by atoms with E-state index in [9.17, 15) is 18.0 Å². The van der Waals surface area contributed by atoms with Crippen LogP contribution in [0.5, 0.6) is 0 Å². The Kier molecular flexibility index (Phi) is 7.74. The van der Waals surface area contributed by atoms with E-state index in [1.165, 1.54) is 0 Å². The van der Waals surface area contributed by atoms with Gasteiger partial charge >= 0.3 is 6.18 Å². The molecule has 7 heteroatoms. The first kappa shape index (κ1) is 25.8. The summed E-state index contributed by atoms with van der Waals surface area (Å²) in [5.41, 5.74) is 5.27. The van der Waals surface area contributed by atoms with Crippen LogP contribution in [0.1, 0.15) is 56.9 Å². The monoisotopic (exact) mass is 512 g/mol. The highest BCUT2D eigenvalue weighted by Crippen LogP contribution is 2.35. The van der Waals surface area contributed by atoms with E-state index in [0.29, 0.717) is 11.4 Å². The maximum absolute atomic E-state index is 12.9. The molecular weight excluding hydrogens is 485 g/mol. The van der Waals surface area contributed by atoms with Crippen LogP contribution in [0, 0.1) is 6.92 Å². The molecule has 1 heterocycles. The molecule has 3 nitrogen and oxygen atoms in total. The minimum absolute atomic E-state index is 0.195. The molecule has 1 saturated heterocycles. The van der Waals surface area contributed by atoms with Crippen molar-refractivity contribution in [3.8, 4) is 0 Å². The van der Waals surface area contributed by atoms with Crippen LogP contribution in [0.4, 0.5) is 18.9 Å². The van der Waals surface area contributed by atoms with Crippen molar-refractivity contribution < 1.29 is 18.0 Å². The number of hydrogen-bond donors (Lipinski definition) is 1. The first-order valence-electron chi connectivity index (χ1n) is 11.8. The van der Waals surface area contributed by atoms with E-state index in [4.69, 9.17) is 11.6 Å². The van der Waals surface area contributed by atoms with Gasteiger partial charge < -0.3 is 10.2 Å². The Hall–Kier alpha value is -3.25. The van der Waals surface area contributed by atoms with Gasteiger partial charge in [-0.1, -0.05) is 43.0 Å². The molecule has 0 saturated carbocycles. The Labute approximate surface area is 214 Å². The average molecular weight is 513 g/mol. The summed E-state index contributed by atoms with van der Waals surface area (Å²) in [6.45, 7) is 7.74. The second kappa shape index (κ2) is 10.8. The van der Waals surface area contributed by atoms with Gasteiger partial charge in [0.2, 0.25) is 0 Å². The van der Waals surface area contributed by atoms with Crippen molar-refractivity contribution in [2.75, 3.05) is 18.4 Å². The van der Waals surface area contributed by atoms with Gasteiger partial charge in [-0.15, -0.1) is 11.6 Å². The molecule has 3 aromatic carbocycles. The largest absolute Gasteiger partial charge is 0.416 e. The van der Waals surface area contributed by atoms with Gasteiger partial charge in [-0.25, -0.2) is 0 Å². The lowest BCUT2D eigenvalue weighted by Crippen LogP contribution is -2.31. The number of nitrogens with one attached hydrogen (secondary N) is 1. The number of nitrogens with zero attached hydrogens (tertiary/aromatic N) is 1. The summed E-state index contributed by atoms with van der Waals surface area (Å²) in [4.78, 5) is 15.0. The fraction of sp³-hybridized carbons (Fsp3) is 0.276. The predicted molar refractivity (Wildman–Crippen MR) is 139 cm³/mol. The maximum Gasteiger partial charge on any atom is 0.416 e. The van der Waals surface area contributed by atoms with Crippen molar-refractivity contribution in [2.45, 2.75) is 37.7 Å². The lowest BCUT2D eigenvalue weighted by atomic mass is 9.88. The summed E-state index contributed by atoms with van der Waals surface area (Å²) in [6.07, 6.45) is -2.66. The molecule has 36 heavy (non-hydrogen) atoms. The number of anilines is 1. The molecule has 0 unspecified atom stereocenters. The normalized spacial score (nSPS) is 14.5. The number of likely N-dealkylation sites (tertiary alicyclic amines) is 1. The molecule has 1 aliphatic rings. The van der Waals surface area contributed by atoms with Gasteiger partial charge in [0.05, 0.1) is 5.56 Å². The number of amides is 1. The first-order valence-corrected chi connectivity index (χ1v) is 12.4. The van der Waals surface area contributed by atoms with E-state index in [-0.39, 0.29) is 11.8 Å². The van der Waals surface area contributed by atoms with Crippen LogP contribution in [-0.4, -0.2) is 23.9 Å². The molecule has 0 aliphatic carbocycles. The van der Waals surface area contributed by atoms with Crippen LogP contribution in [0.15, 0.2) is 73.3 Å². The standard InChI is InChI=1S/C29H28ClF3N2O/c1-19-3-6-25(17-27(19)34-28(36)24-7-4-21(18-30)5-8-24)20(2)35-15-13-23(14-16-35)22-9-11-26(12-10-22)29(31,32)33/h3-12,17,23H,2,13-16,18H2,1H3,(H,34,36). The Balaban J connectivity index is 1.39. The molecule has 1 amide bonds. The van der Waals surface area contributed by atoms with E-state index in [1.807, 2.05) is 37.3 Å². The summed E-state index contributed by atoms with van der Waals surface area (Å²) in [5, 5.41) is 2.99. The van der Waals surface area contributed by atoms with Crippen molar-refractivity contribution in [1.82, 2.24) is 4.90 Å². The zero-order chi connectivity index (χ0) is 25.9. The summed E-state index contributed by atoms with van der Waals surface area (Å²) in [7, 11) is 0. The fourth-order valence-corrected chi connectivity index (χ4v) is 4.66. The zero-order valence-electron chi connectivity index (χ0n) is 20.0. The number of piperidine rings is 1. The Morgan fingerprint density at radius 2 is 1.61 bits per heavy atom. The van der Waals surface area contributed by atoms with E-state index in [0.717, 1.165) is 71.7 Å². The molecule has 188 valence electrons. The summed E-state index contributed by atoms with van der Waals surface area (Å²) in [5.74, 6) is 0.418. The zero-order valence-corrected chi connectivity index (χ0v) is 20.8. The van der Waals surface area contributed by atoms with E-state index in [2.05, 4.69) is 16.8 Å². The second-order valence-corrected chi connectivity index (χ2v) is 9.41. The second-order valence-electron chi connectivity index (χ2n) is 9.14. The SMILES string of the molecule is C=C(c1ccc(C)c(NC(=O)c2ccc(CCl)cc2)c1)N1CCC(c2ccc(C(F)(F)F)cc2)CC1. The summed E-state index contributed by atoms with van der Waals surface area (Å²) in [6, 6.07) is 18.6. The number of rotatable bonds is 6.